The molecule has 0 aliphatic carbocycles. The van der Waals surface area contributed by atoms with Gasteiger partial charge in [-0.05, 0) is 43.5 Å². The standard InChI is InChI=1S/C12H16FNO2/c1-9-8-10(5-6-11(9)13)14-7-3-2-4-12(15)16/h5-6,8,14H,2-4,7H2,1H3,(H,15,16). The van der Waals surface area contributed by atoms with Crippen molar-refractivity contribution >= 4 is 11.7 Å². The van der Waals surface area contributed by atoms with Gasteiger partial charge in [0.25, 0.3) is 0 Å². The Morgan fingerprint density at radius 3 is 2.81 bits per heavy atom. The lowest BCUT2D eigenvalue weighted by Gasteiger charge is -2.06. The largest absolute Gasteiger partial charge is 0.481 e. The summed E-state index contributed by atoms with van der Waals surface area (Å²) in [5.41, 5.74) is 1.48. The summed E-state index contributed by atoms with van der Waals surface area (Å²) in [6.07, 6.45) is 1.65. The number of benzene rings is 1. The summed E-state index contributed by atoms with van der Waals surface area (Å²) >= 11 is 0. The van der Waals surface area contributed by atoms with E-state index >= 15 is 0 Å². The Bertz CT molecular complexity index is 366. The number of anilines is 1. The predicted octanol–water partition coefficient (Wildman–Crippen LogP) is 2.80. The average Bonchev–Trinajstić information content (AvgIpc) is 2.22. The quantitative estimate of drug-likeness (QED) is 0.732. The summed E-state index contributed by atoms with van der Waals surface area (Å²) in [5, 5.41) is 11.6. The summed E-state index contributed by atoms with van der Waals surface area (Å²) in [6.45, 7) is 2.42. The molecule has 0 spiro atoms. The molecule has 0 bridgehead atoms. The molecule has 0 heterocycles. The zero-order valence-electron chi connectivity index (χ0n) is 9.29. The maximum Gasteiger partial charge on any atom is 0.303 e. The van der Waals surface area contributed by atoms with E-state index in [1.54, 1.807) is 19.1 Å². The number of halogens is 1. The Kier molecular flexibility index (Phi) is 4.76. The van der Waals surface area contributed by atoms with Crippen molar-refractivity contribution in [3.63, 3.8) is 0 Å². The molecule has 1 aromatic rings. The van der Waals surface area contributed by atoms with Crippen molar-refractivity contribution in [1.82, 2.24) is 0 Å². The van der Waals surface area contributed by atoms with Gasteiger partial charge in [0.05, 0.1) is 0 Å². The number of unbranched alkanes of at least 4 members (excludes halogenated alkanes) is 1. The summed E-state index contributed by atoms with van der Waals surface area (Å²) in [7, 11) is 0. The van der Waals surface area contributed by atoms with Gasteiger partial charge in [-0.2, -0.15) is 0 Å². The van der Waals surface area contributed by atoms with Crippen molar-refractivity contribution < 1.29 is 14.3 Å². The van der Waals surface area contributed by atoms with Gasteiger partial charge in [0.15, 0.2) is 0 Å². The fourth-order valence-corrected chi connectivity index (χ4v) is 1.39. The van der Waals surface area contributed by atoms with Gasteiger partial charge in [-0.15, -0.1) is 0 Å². The van der Waals surface area contributed by atoms with Crippen LogP contribution in [-0.4, -0.2) is 17.6 Å². The molecule has 1 rings (SSSR count). The van der Waals surface area contributed by atoms with Crippen LogP contribution in [0.4, 0.5) is 10.1 Å². The third-order valence-corrected chi connectivity index (χ3v) is 2.30. The highest BCUT2D eigenvalue weighted by Gasteiger charge is 1.99. The lowest BCUT2D eigenvalue weighted by molar-refractivity contribution is -0.137. The first-order chi connectivity index (χ1) is 7.59. The monoisotopic (exact) mass is 225 g/mol. The van der Waals surface area contributed by atoms with E-state index in [0.29, 0.717) is 18.5 Å². The number of rotatable bonds is 6. The number of aryl methyl sites for hydroxylation is 1. The minimum Gasteiger partial charge on any atom is -0.481 e. The highest BCUT2D eigenvalue weighted by molar-refractivity contribution is 5.66. The first-order valence-corrected chi connectivity index (χ1v) is 5.31. The van der Waals surface area contributed by atoms with Crippen molar-refractivity contribution in [2.24, 2.45) is 0 Å². The normalized spacial score (nSPS) is 10.1. The van der Waals surface area contributed by atoms with Crippen molar-refractivity contribution in [3.05, 3.63) is 29.6 Å². The lowest BCUT2D eigenvalue weighted by Crippen LogP contribution is -2.03. The summed E-state index contributed by atoms with van der Waals surface area (Å²) < 4.78 is 12.9. The first kappa shape index (κ1) is 12.5. The molecule has 0 atom stereocenters. The van der Waals surface area contributed by atoms with Gasteiger partial charge in [-0.25, -0.2) is 4.39 Å². The highest BCUT2D eigenvalue weighted by Crippen LogP contribution is 2.13. The molecule has 0 aliphatic heterocycles. The third kappa shape index (κ3) is 4.29. The van der Waals surface area contributed by atoms with Crippen LogP contribution < -0.4 is 5.32 Å². The lowest BCUT2D eigenvalue weighted by atomic mass is 10.2. The van der Waals surface area contributed by atoms with Crippen LogP contribution in [0.5, 0.6) is 0 Å². The Hall–Kier alpha value is -1.58. The number of carboxylic acid groups (broad SMARTS) is 1. The number of nitrogens with one attached hydrogen (secondary N) is 1. The molecule has 88 valence electrons. The van der Waals surface area contributed by atoms with E-state index in [4.69, 9.17) is 5.11 Å². The molecule has 0 radical (unpaired) electrons. The number of carbonyl (C=O) groups is 1. The van der Waals surface area contributed by atoms with Gasteiger partial charge in [0.1, 0.15) is 5.82 Å². The molecular formula is C12H16FNO2. The molecule has 0 aliphatic rings. The second-order valence-corrected chi connectivity index (χ2v) is 3.74. The van der Waals surface area contributed by atoms with E-state index < -0.39 is 5.97 Å². The van der Waals surface area contributed by atoms with Crippen molar-refractivity contribution in [2.75, 3.05) is 11.9 Å². The first-order valence-electron chi connectivity index (χ1n) is 5.31. The number of carboxylic acids is 1. The maximum absolute atomic E-state index is 12.9. The Labute approximate surface area is 94.3 Å². The predicted molar refractivity (Wildman–Crippen MR) is 61.1 cm³/mol. The van der Waals surface area contributed by atoms with Crippen LogP contribution in [0.3, 0.4) is 0 Å². The number of aliphatic carboxylic acids is 1. The van der Waals surface area contributed by atoms with Crippen LogP contribution in [0.15, 0.2) is 18.2 Å². The Balaban J connectivity index is 2.27. The van der Waals surface area contributed by atoms with Crippen molar-refractivity contribution in [2.45, 2.75) is 26.2 Å². The minimum absolute atomic E-state index is 0.199. The highest BCUT2D eigenvalue weighted by atomic mass is 19.1. The van der Waals surface area contributed by atoms with E-state index in [2.05, 4.69) is 5.32 Å². The smallest absolute Gasteiger partial charge is 0.303 e. The maximum atomic E-state index is 12.9. The molecule has 3 nitrogen and oxygen atoms in total. The van der Waals surface area contributed by atoms with Crippen molar-refractivity contribution in [3.8, 4) is 0 Å². The zero-order chi connectivity index (χ0) is 12.0. The van der Waals surface area contributed by atoms with Crippen LogP contribution in [0.25, 0.3) is 0 Å². The molecule has 0 saturated heterocycles. The van der Waals surface area contributed by atoms with Gasteiger partial charge in [0, 0.05) is 18.7 Å². The molecule has 0 unspecified atom stereocenters. The summed E-state index contributed by atoms with van der Waals surface area (Å²) in [6, 6.07) is 4.85. The fourth-order valence-electron chi connectivity index (χ4n) is 1.39. The zero-order valence-corrected chi connectivity index (χ0v) is 9.29. The van der Waals surface area contributed by atoms with Crippen LogP contribution in [0.2, 0.25) is 0 Å². The van der Waals surface area contributed by atoms with E-state index in [0.717, 1.165) is 12.1 Å². The molecule has 0 fully saturated rings. The van der Waals surface area contributed by atoms with Crippen LogP contribution in [0.1, 0.15) is 24.8 Å². The van der Waals surface area contributed by atoms with Gasteiger partial charge < -0.3 is 10.4 Å². The molecule has 0 amide bonds. The minimum atomic E-state index is -0.766. The molecule has 16 heavy (non-hydrogen) atoms. The molecule has 0 saturated carbocycles. The number of hydrogen-bond donors (Lipinski definition) is 2. The summed E-state index contributed by atoms with van der Waals surface area (Å²) in [5.74, 6) is -0.978. The number of hydrogen-bond acceptors (Lipinski definition) is 2. The molecule has 2 N–H and O–H groups in total. The van der Waals surface area contributed by atoms with E-state index in [1.807, 2.05) is 0 Å². The van der Waals surface area contributed by atoms with Gasteiger partial charge in [-0.1, -0.05) is 0 Å². The summed E-state index contributed by atoms with van der Waals surface area (Å²) in [4.78, 5) is 10.3. The average molecular weight is 225 g/mol. The third-order valence-electron chi connectivity index (χ3n) is 2.30. The van der Waals surface area contributed by atoms with E-state index in [1.165, 1.54) is 6.07 Å². The Morgan fingerprint density at radius 1 is 1.44 bits per heavy atom. The van der Waals surface area contributed by atoms with Crippen LogP contribution in [0, 0.1) is 12.7 Å². The van der Waals surface area contributed by atoms with E-state index in [-0.39, 0.29) is 12.2 Å². The Morgan fingerprint density at radius 2 is 2.19 bits per heavy atom. The fraction of sp³-hybridized carbons (Fsp3) is 0.417. The molecule has 0 aromatic heterocycles. The van der Waals surface area contributed by atoms with Crippen molar-refractivity contribution in [1.29, 1.82) is 0 Å². The SMILES string of the molecule is Cc1cc(NCCCCC(=O)O)ccc1F. The topological polar surface area (TPSA) is 49.3 Å². The molecule has 1 aromatic carbocycles. The van der Waals surface area contributed by atoms with Gasteiger partial charge in [-0.3, -0.25) is 4.79 Å². The van der Waals surface area contributed by atoms with E-state index in [9.17, 15) is 9.18 Å². The van der Waals surface area contributed by atoms with Gasteiger partial charge in [0.2, 0.25) is 0 Å². The second kappa shape index (κ2) is 6.10. The molecular weight excluding hydrogens is 209 g/mol. The molecule has 4 heteroatoms. The van der Waals surface area contributed by atoms with Crippen LogP contribution in [-0.2, 0) is 4.79 Å². The van der Waals surface area contributed by atoms with Gasteiger partial charge >= 0.3 is 5.97 Å². The van der Waals surface area contributed by atoms with Crippen LogP contribution >= 0.6 is 0 Å². The second-order valence-electron chi connectivity index (χ2n) is 3.74.